The van der Waals surface area contributed by atoms with E-state index in [4.69, 9.17) is 4.74 Å². The predicted octanol–water partition coefficient (Wildman–Crippen LogP) is 3.06. The van der Waals surface area contributed by atoms with Crippen LogP contribution < -0.4 is 15.1 Å². The van der Waals surface area contributed by atoms with Crippen molar-refractivity contribution in [1.29, 1.82) is 0 Å². The summed E-state index contributed by atoms with van der Waals surface area (Å²) in [6.45, 7) is 4.67. The molecule has 1 amide bonds. The summed E-state index contributed by atoms with van der Waals surface area (Å²) in [5, 5.41) is 3.79. The molecule has 1 aliphatic rings. The molecule has 1 saturated heterocycles. The van der Waals surface area contributed by atoms with Crippen molar-refractivity contribution in [2.45, 2.75) is 6.92 Å². The van der Waals surface area contributed by atoms with E-state index in [1.807, 2.05) is 56.3 Å². The molecule has 3 aromatic rings. The van der Waals surface area contributed by atoms with Crippen molar-refractivity contribution in [3.8, 4) is 10.6 Å². The molecule has 4 rings (SSSR count). The Kier molecular flexibility index (Phi) is 5.91. The second kappa shape index (κ2) is 8.76. The van der Waals surface area contributed by atoms with Gasteiger partial charge < -0.3 is 19.9 Å². The molecular weight excluding hydrogens is 400 g/mol. The minimum absolute atomic E-state index is 0.210. The molecule has 9 heteroatoms. The molecule has 1 fully saturated rings. The lowest BCUT2D eigenvalue weighted by Gasteiger charge is -2.28. The van der Waals surface area contributed by atoms with Gasteiger partial charge in [-0.3, -0.25) is 4.79 Å². The third kappa shape index (κ3) is 4.27. The highest BCUT2D eigenvalue weighted by molar-refractivity contribution is 7.17. The molecule has 0 spiro atoms. The third-order valence-electron chi connectivity index (χ3n) is 4.75. The second-order valence-corrected chi connectivity index (χ2v) is 8.15. The normalized spacial score (nSPS) is 13.9. The smallest absolute Gasteiger partial charge is 0.267 e. The van der Waals surface area contributed by atoms with Crippen LogP contribution in [0.1, 0.15) is 15.4 Å². The van der Waals surface area contributed by atoms with Crippen LogP contribution in [0.25, 0.3) is 10.6 Å². The Morgan fingerprint density at radius 2 is 1.90 bits per heavy atom. The van der Waals surface area contributed by atoms with E-state index in [2.05, 4.69) is 25.2 Å². The van der Waals surface area contributed by atoms with Gasteiger partial charge >= 0.3 is 0 Å². The Labute approximate surface area is 179 Å². The number of thiazole rings is 1. The van der Waals surface area contributed by atoms with E-state index in [0.717, 1.165) is 23.7 Å². The number of ether oxygens (including phenoxy) is 1. The van der Waals surface area contributed by atoms with Crippen LogP contribution >= 0.6 is 11.3 Å². The minimum Gasteiger partial charge on any atom is -0.378 e. The number of hydrogen-bond acceptors (Lipinski definition) is 8. The van der Waals surface area contributed by atoms with Gasteiger partial charge in [-0.1, -0.05) is 30.3 Å². The first-order valence-corrected chi connectivity index (χ1v) is 10.6. The Bertz CT molecular complexity index is 1030. The van der Waals surface area contributed by atoms with E-state index in [-0.39, 0.29) is 5.91 Å². The molecule has 8 nitrogen and oxygen atoms in total. The van der Waals surface area contributed by atoms with Crippen molar-refractivity contribution >= 4 is 34.7 Å². The van der Waals surface area contributed by atoms with Gasteiger partial charge in [0, 0.05) is 32.7 Å². The van der Waals surface area contributed by atoms with Gasteiger partial charge in [0.2, 0.25) is 5.95 Å². The zero-order valence-electron chi connectivity index (χ0n) is 17.3. The number of rotatable bonds is 5. The predicted molar refractivity (Wildman–Crippen MR) is 120 cm³/mol. The van der Waals surface area contributed by atoms with E-state index in [9.17, 15) is 4.79 Å². The van der Waals surface area contributed by atoms with Crippen LogP contribution in [0, 0.1) is 6.92 Å². The molecule has 3 heterocycles. The van der Waals surface area contributed by atoms with Crippen LogP contribution in [0.5, 0.6) is 0 Å². The fourth-order valence-corrected chi connectivity index (χ4v) is 4.17. The minimum atomic E-state index is -0.210. The monoisotopic (exact) mass is 424 g/mol. The van der Waals surface area contributed by atoms with Crippen LogP contribution in [-0.4, -0.2) is 61.3 Å². The summed E-state index contributed by atoms with van der Waals surface area (Å²) in [6, 6.07) is 9.86. The summed E-state index contributed by atoms with van der Waals surface area (Å²) in [5.74, 6) is 1.09. The molecule has 1 aromatic carbocycles. The summed E-state index contributed by atoms with van der Waals surface area (Å²) in [4.78, 5) is 31.3. The third-order valence-corrected chi connectivity index (χ3v) is 5.95. The van der Waals surface area contributed by atoms with Crippen LogP contribution in [0.3, 0.4) is 0 Å². The quantitative estimate of drug-likeness (QED) is 0.674. The topological polar surface area (TPSA) is 83.5 Å². The number of nitrogens with one attached hydrogen (secondary N) is 1. The van der Waals surface area contributed by atoms with Gasteiger partial charge in [0.15, 0.2) is 5.82 Å². The van der Waals surface area contributed by atoms with E-state index in [1.165, 1.54) is 11.3 Å². The molecule has 30 heavy (non-hydrogen) atoms. The van der Waals surface area contributed by atoms with E-state index in [0.29, 0.717) is 41.2 Å². The number of nitrogens with zero attached hydrogens (tertiary/aromatic N) is 5. The number of hydrogen-bond donors (Lipinski definition) is 1. The zero-order chi connectivity index (χ0) is 21.1. The van der Waals surface area contributed by atoms with Crippen molar-refractivity contribution in [2.75, 3.05) is 55.5 Å². The Balaban J connectivity index is 1.58. The van der Waals surface area contributed by atoms with Gasteiger partial charge in [0.05, 0.1) is 25.1 Å². The van der Waals surface area contributed by atoms with Gasteiger partial charge in [-0.2, -0.15) is 4.98 Å². The molecule has 0 saturated carbocycles. The van der Waals surface area contributed by atoms with Gasteiger partial charge in [0.25, 0.3) is 5.91 Å². The molecule has 1 N–H and O–H groups in total. The maximum absolute atomic E-state index is 13.0. The number of aromatic nitrogens is 3. The Hall–Kier alpha value is -3.04. The number of carbonyl (C=O) groups excluding carboxylic acids is 1. The van der Waals surface area contributed by atoms with E-state index < -0.39 is 0 Å². The lowest BCUT2D eigenvalue weighted by molar-refractivity contribution is 0.102. The van der Waals surface area contributed by atoms with Gasteiger partial charge in [-0.05, 0) is 6.92 Å². The second-order valence-electron chi connectivity index (χ2n) is 7.15. The van der Waals surface area contributed by atoms with Crippen LogP contribution in [0.4, 0.5) is 17.5 Å². The fourth-order valence-electron chi connectivity index (χ4n) is 3.20. The lowest BCUT2D eigenvalue weighted by Crippen LogP contribution is -2.37. The Morgan fingerprint density at radius 3 is 2.60 bits per heavy atom. The molecule has 2 aromatic heterocycles. The summed E-state index contributed by atoms with van der Waals surface area (Å²) in [6.07, 6.45) is 1.67. The SMILES string of the molecule is Cc1nc(-c2ccccc2)sc1C(=O)Nc1cnc(N2CCOCC2)nc1N(C)C. The number of benzene rings is 1. The molecule has 156 valence electrons. The van der Waals surface area contributed by atoms with Crippen molar-refractivity contribution in [1.82, 2.24) is 15.0 Å². The first-order valence-electron chi connectivity index (χ1n) is 9.74. The molecule has 0 atom stereocenters. The molecule has 1 aliphatic heterocycles. The fraction of sp³-hybridized carbons (Fsp3) is 0.333. The van der Waals surface area contributed by atoms with Crippen molar-refractivity contribution in [3.05, 3.63) is 47.1 Å². The molecule has 0 unspecified atom stereocenters. The number of anilines is 3. The van der Waals surface area contributed by atoms with Crippen LogP contribution in [0.2, 0.25) is 0 Å². The summed E-state index contributed by atoms with van der Waals surface area (Å²) < 4.78 is 5.40. The average Bonchev–Trinajstić information content (AvgIpc) is 3.17. The maximum atomic E-state index is 13.0. The number of morpholine rings is 1. The number of carbonyl (C=O) groups is 1. The zero-order valence-corrected chi connectivity index (χ0v) is 18.1. The average molecular weight is 425 g/mol. The lowest BCUT2D eigenvalue weighted by atomic mass is 10.2. The van der Waals surface area contributed by atoms with Crippen molar-refractivity contribution < 1.29 is 9.53 Å². The van der Waals surface area contributed by atoms with Gasteiger partial charge in [-0.15, -0.1) is 11.3 Å². The first kappa shape index (κ1) is 20.2. The summed E-state index contributed by atoms with van der Waals surface area (Å²) in [7, 11) is 3.79. The van der Waals surface area contributed by atoms with E-state index in [1.54, 1.807) is 6.20 Å². The number of amides is 1. The highest BCUT2D eigenvalue weighted by atomic mass is 32.1. The Morgan fingerprint density at radius 1 is 1.17 bits per heavy atom. The van der Waals surface area contributed by atoms with E-state index >= 15 is 0 Å². The largest absolute Gasteiger partial charge is 0.378 e. The molecule has 0 radical (unpaired) electrons. The van der Waals surface area contributed by atoms with Gasteiger partial charge in [0.1, 0.15) is 15.6 Å². The first-order chi connectivity index (χ1) is 14.5. The summed E-state index contributed by atoms with van der Waals surface area (Å²) in [5.41, 5.74) is 2.27. The van der Waals surface area contributed by atoms with Crippen LogP contribution in [0.15, 0.2) is 36.5 Å². The maximum Gasteiger partial charge on any atom is 0.267 e. The molecule has 0 bridgehead atoms. The molecule has 0 aliphatic carbocycles. The molecular formula is C21H24N6O2S. The highest BCUT2D eigenvalue weighted by Gasteiger charge is 2.21. The van der Waals surface area contributed by atoms with Crippen molar-refractivity contribution in [2.24, 2.45) is 0 Å². The van der Waals surface area contributed by atoms with Gasteiger partial charge in [-0.25, -0.2) is 9.97 Å². The number of aryl methyl sites for hydroxylation is 1. The summed E-state index contributed by atoms with van der Waals surface area (Å²) >= 11 is 1.38. The standard InChI is InChI=1S/C21H24N6O2S/c1-14-17(30-20(23-14)15-7-5-4-6-8-15)19(28)24-16-13-22-21(25-18(16)26(2)3)27-9-11-29-12-10-27/h4-8,13H,9-12H2,1-3H3,(H,24,28). The van der Waals surface area contributed by atoms with Crippen molar-refractivity contribution in [3.63, 3.8) is 0 Å². The van der Waals surface area contributed by atoms with Crippen LogP contribution in [-0.2, 0) is 4.74 Å². The highest BCUT2D eigenvalue weighted by Crippen LogP contribution is 2.30.